The highest BCUT2D eigenvalue weighted by Crippen LogP contribution is 2.31. The van der Waals surface area contributed by atoms with Crippen LogP contribution < -0.4 is 5.73 Å². The standard InChI is InChI=1S/C17H22N4O2/c1-2-3-7-23-17(22)21-6-4-5-12(11-21)15-10-20-16-14(15)8-13(18)9-19-16/h8-11H,2-7,18H2,1H3,(H,19,20). The predicted molar refractivity (Wildman–Crippen MR) is 90.7 cm³/mol. The first-order valence-electron chi connectivity index (χ1n) is 8.06. The Morgan fingerprint density at radius 3 is 3.22 bits per heavy atom. The molecule has 0 saturated carbocycles. The molecule has 6 nitrogen and oxygen atoms in total. The number of aromatic amines is 1. The first kappa shape index (κ1) is 15.4. The molecule has 0 fully saturated rings. The lowest BCUT2D eigenvalue weighted by molar-refractivity contribution is 0.114. The maximum atomic E-state index is 12.1. The number of fused-ring (bicyclic) bond motifs is 1. The molecule has 0 radical (unpaired) electrons. The summed E-state index contributed by atoms with van der Waals surface area (Å²) in [6, 6.07) is 1.91. The second-order valence-corrected chi connectivity index (χ2v) is 5.79. The fourth-order valence-corrected chi connectivity index (χ4v) is 2.78. The van der Waals surface area contributed by atoms with Gasteiger partial charge < -0.3 is 15.5 Å². The minimum Gasteiger partial charge on any atom is -0.449 e. The van der Waals surface area contributed by atoms with Gasteiger partial charge in [0.25, 0.3) is 0 Å². The zero-order valence-corrected chi connectivity index (χ0v) is 13.3. The molecule has 1 aliphatic rings. The molecule has 2 aromatic heterocycles. The molecular weight excluding hydrogens is 292 g/mol. The summed E-state index contributed by atoms with van der Waals surface area (Å²) < 4.78 is 5.30. The van der Waals surface area contributed by atoms with Crippen LogP contribution in [-0.2, 0) is 4.74 Å². The minimum absolute atomic E-state index is 0.270. The van der Waals surface area contributed by atoms with E-state index in [1.54, 1.807) is 11.1 Å². The molecule has 0 atom stereocenters. The molecule has 3 N–H and O–H groups in total. The van der Waals surface area contributed by atoms with Crippen LogP contribution in [0, 0.1) is 0 Å². The second-order valence-electron chi connectivity index (χ2n) is 5.79. The van der Waals surface area contributed by atoms with Crippen molar-refractivity contribution >= 4 is 28.4 Å². The Balaban J connectivity index is 1.83. The Bertz CT molecular complexity index is 735. The van der Waals surface area contributed by atoms with Gasteiger partial charge >= 0.3 is 6.09 Å². The van der Waals surface area contributed by atoms with Gasteiger partial charge in [0.1, 0.15) is 5.65 Å². The topological polar surface area (TPSA) is 84.2 Å². The van der Waals surface area contributed by atoms with E-state index in [2.05, 4.69) is 16.9 Å². The van der Waals surface area contributed by atoms with E-state index in [1.807, 2.05) is 18.5 Å². The average molecular weight is 314 g/mol. The molecular formula is C17H22N4O2. The first-order chi connectivity index (χ1) is 11.2. The molecule has 23 heavy (non-hydrogen) atoms. The number of amides is 1. The molecule has 122 valence electrons. The summed E-state index contributed by atoms with van der Waals surface area (Å²) in [5.74, 6) is 0. The van der Waals surface area contributed by atoms with Crippen molar-refractivity contribution in [2.45, 2.75) is 32.6 Å². The largest absolute Gasteiger partial charge is 0.449 e. The lowest BCUT2D eigenvalue weighted by atomic mass is 9.99. The average Bonchev–Trinajstić information content (AvgIpc) is 2.98. The van der Waals surface area contributed by atoms with Gasteiger partial charge in [-0.25, -0.2) is 9.78 Å². The molecule has 3 heterocycles. The third-order valence-electron chi connectivity index (χ3n) is 4.01. The fourth-order valence-electron chi connectivity index (χ4n) is 2.78. The maximum Gasteiger partial charge on any atom is 0.413 e. The lowest BCUT2D eigenvalue weighted by Gasteiger charge is -2.24. The van der Waals surface area contributed by atoms with E-state index in [4.69, 9.17) is 10.5 Å². The van der Waals surface area contributed by atoms with Crippen LogP contribution in [0.2, 0.25) is 0 Å². The number of H-pyrrole nitrogens is 1. The number of allylic oxidation sites excluding steroid dienone is 1. The van der Waals surface area contributed by atoms with E-state index >= 15 is 0 Å². The molecule has 2 aromatic rings. The SMILES string of the molecule is CCCCOC(=O)N1C=C(c2c[nH]c3ncc(N)cc23)CCC1. The number of carbonyl (C=O) groups is 1. The summed E-state index contributed by atoms with van der Waals surface area (Å²) in [5.41, 5.74) is 9.42. The molecule has 3 rings (SSSR count). The molecule has 0 aromatic carbocycles. The number of nitrogens with zero attached hydrogens (tertiary/aromatic N) is 2. The number of pyridine rings is 1. The number of ether oxygens (including phenoxy) is 1. The van der Waals surface area contributed by atoms with E-state index in [0.717, 1.165) is 47.9 Å². The van der Waals surface area contributed by atoms with Crippen LogP contribution in [0.15, 0.2) is 24.7 Å². The minimum atomic E-state index is -0.270. The molecule has 0 bridgehead atoms. The normalized spacial score (nSPS) is 14.8. The summed E-state index contributed by atoms with van der Waals surface area (Å²) >= 11 is 0. The van der Waals surface area contributed by atoms with Crippen molar-refractivity contribution in [3.63, 3.8) is 0 Å². The van der Waals surface area contributed by atoms with Crippen LogP contribution in [0.5, 0.6) is 0 Å². The van der Waals surface area contributed by atoms with Crippen LogP contribution in [0.1, 0.15) is 38.2 Å². The third kappa shape index (κ3) is 3.31. The smallest absolute Gasteiger partial charge is 0.413 e. The van der Waals surface area contributed by atoms with Crippen molar-refractivity contribution < 1.29 is 9.53 Å². The van der Waals surface area contributed by atoms with Gasteiger partial charge in [0.05, 0.1) is 18.5 Å². The van der Waals surface area contributed by atoms with Crippen LogP contribution in [0.4, 0.5) is 10.5 Å². The van der Waals surface area contributed by atoms with Gasteiger partial charge in [0.15, 0.2) is 0 Å². The first-order valence-corrected chi connectivity index (χ1v) is 8.06. The van der Waals surface area contributed by atoms with Crippen molar-refractivity contribution in [1.29, 1.82) is 0 Å². The quantitative estimate of drug-likeness (QED) is 0.846. The van der Waals surface area contributed by atoms with Crippen molar-refractivity contribution in [3.8, 4) is 0 Å². The lowest BCUT2D eigenvalue weighted by Crippen LogP contribution is -2.30. The van der Waals surface area contributed by atoms with Gasteiger partial charge in [-0.15, -0.1) is 0 Å². The van der Waals surface area contributed by atoms with Gasteiger partial charge in [0, 0.05) is 29.9 Å². The van der Waals surface area contributed by atoms with E-state index < -0.39 is 0 Å². The highest BCUT2D eigenvalue weighted by Gasteiger charge is 2.20. The summed E-state index contributed by atoms with van der Waals surface area (Å²) in [7, 11) is 0. The van der Waals surface area contributed by atoms with Gasteiger partial charge in [0.2, 0.25) is 0 Å². The number of hydrogen-bond acceptors (Lipinski definition) is 4. The van der Waals surface area contributed by atoms with E-state index in [9.17, 15) is 4.79 Å². The Morgan fingerprint density at radius 1 is 1.52 bits per heavy atom. The Kier molecular flexibility index (Phi) is 4.50. The number of nitrogens with one attached hydrogen (secondary N) is 1. The van der Waals surface area contributed by atoms with E-state index in [-0.39, 0.29) is 6.09 Å². The Labute approximate surface area is 135 Å². The van der Waals surface area contributed by atoms with Crippen LogP contribution in [0.25, 0.3) is 16.6 Å². The van der Waals surface area contributed by atoms with E-state index in [0.29, 0.717) is 18.8 Å². The highest BCUT2D eigenvalue weighted by molar-refractivity contribution is 5.92. The molecule has 0 unspecified atom stereocenters. The maximum absolute atomic E-state index is 12.1. The zero-order valence-electron chi connectivity index (χ0n) is 13.3. The number of nitrogens with two attached hydrogens (primary N) is 1. The molecule has 0 saturated heterocycles. The van der Waals surface area contributed by atoms with E-state index in [1.165, 1.54) is 0 Å². The van der Waals surface area contributed by atoms with Gasteiger partial charge in [-0.05, 0) is 30.9 Å². The Morgan fingerprint density at radius 2 is 2.39 bits per heavy atom. The third-order valence-corrected chi connectivity index (χ3v) is 4.01. The molecule has 6 heteroatoms. The van der Waals surface area contributed by atoms with Gasteiger partial charge in [-0.1, -0.05) is 13.3 Å². The summed E-state index contributed by atoms with van der Waals surface area (Å²) in [4.78, 5) is 21.2. The van der Waals surface area contributed by atoms with Crippen molar-refractivity contribution in [1.82, 2.24) is 14.9 Å². The van der Waals surface area contributed by atoms with Crippen molar-refractivity contribution in [2.75, 3.05) is 18.9 Å². The van der Waals surface area contributed by atoms with Gasteiger partial charge in [-0.3, -0.25) is 4.90 Å². The van der Waals surface area contributed by atoms with Crippen LogP contribution >= 0.6 is 0 Å². The zero-order chi connectivity index (χ0) is 16.2. The Hall–Kier alpha value is -2.50. The van der Waals surface area contributed by atoms with Gasteiger partial charge in [-0.2, -0.15) is 0 Å². The van der Waals surface area contributed by atoms with Crippen LogP contribution in [0.3, 0.4) is 0 Å². The molecule has 0 aliphatic carbocycles. The molecule has 1 aliphatic heterocycles. The highest BCUT2D eigenvalue weighted by atomic mass is 16.6. The number of rotatable bonds is 4. The summed E-state index contributed by atoms with van der Waals surface area (Å²) in [6.07, 6.45) is 8.92. The second kappa shape index (κ2) is 6.73. The predicted octanol–water partition coefficient (Wildman–Crippen LogP) is 3.52. The molecule has 1 amide bonds. The van der Waals surface area contributed by atoms with Crippen molar-refractivity contribution in [2.24, 2.45) is 0 Å². The number of hydrogen-bond donors (Lipinski definition) is 2. The van der Waals surface area contributed by atoms with Crippen LogP contribution in [-0.4, -0.2) is 34.1 Å². The monoisotopic (exact) mass is 314 g/mol. The number of nitrogen functional groups attached to an aromatic ring is 1. The number of anilines is 1. The number of carbonyl (C=O) groups excluding carboxylic acids is 1. The summed E-state index contributed by atoms with van der Waals surface area (Å²) in [5, 5.41) is 0.984. The summed E-state index contributed by atoms with van der Waals surface area (Å²) in [6.45, 7) is 3.24. The number of unbranched alkanes of at least 4 members (excludes halogenated alkanes) is 1. The van der Waals surface area contributed by atoms with Crippen molar-refractivity contribution in [3.05, 3.63) is 30.2 Å². The number of aromatic nitrogens is 2. The molecule has 0 spiro atoms. The fraction of sp³-hybridized carbons (Fsp3) is 0.412.